The molecule has 0 aliphatic rings. The first-order chi connectivity index (χ1) is 10.2. The monoisotopic (exact) mass is 283 g/mol. The van der Waals surface area contributed by atoms with E-state index in [2.05, 4.69) is 25.1 Å². The molecular formula is C13H13N7O. The average molecular weight is 283 g/mol. The van der Waals surface area contributed by atoms with Gasteiger partial charge < -0.3 is 20.8 Å². The maximum atomic E-state index is 8.91. The lowest BCUT2D eigenvalue weighted by Crippen LogP contribution is -2.20. The van der Waals surface area contributed by atoms with Gasteiger partial charge in [-0.1, -0.05) is 17.3 Å². The number of nitrogens with zero attached hydrogens (tertiary/aromatic N) is 5. The third kappa shape index (κ3) is 2.12. The van der Waals surface area contributed by atoms with Crippen LogP contribution in [0.4, 0.5) is 11.5 Å². The number of hydrogen-bond donors (Lipinski definition) is 3. The lowest BCUT2D eigenvalue weighted by atomic mass is 10.1. The Hall–Kier alpha value is -3.16. The van der Waals surface area contributed by atoms with Gasteiger partial charge in [0, 0.05) is 12.6 Å². The molecule has 8 heteroatoms. The van der Waals surface area contributed by atoms with Crippen molar-refractivity contribution < 1.29 is 5.21 Å². The van der Waals surface area contributed by atoms with E-state index < -0.39 is 0 Å². The number of nitrogens with two attached hydrogens (primary N) is 1. The van der Waals surface area contributed by atoms with Crippen molar-refractivity contribution in [3.63, 3.8) is 0 Å². The maximum Gasteiger partial charge on any atom is 0.182 e. The zero-order chi connectivity index (χ0) is 14.8. The predicted molar refractivity (Wildman–Crippen MR) is 78.7 cm³/mol. The van der Waals surface area contributed by atoms with Crippen LogP contribution >= 0.6 is 0 Å². The summed E-state index contributed by atoms with van der Waals surface area (Å²) in [6.07, 6.45) is 3.01. The maximum absolute atomic E-state index is 8.91. The van der Waals surface area contributed by atoms with Gasteiger partial charge in [0.2, 0.25) is 0 Å². The molecule has 0 aliphatic heterocycles. The Morgan fingerprint density at radius 2 is 2.10 bits per heavy atom. The lowest BCUT2D eigenvalue weighted by molar-refractivity contribution is 0.318. The van der Waals surface area contributed by atoms with Gasteiger partial charge in [-0.3, -0.25) is 0 Å². The zero-order valence-corrected chi connectivity index (χ0v) is 11.2. The number of imidazole rings is 1. The summed E-state index contributed by atoms with van der Waals surface area (Å²) in [5.41, 5.74) is 8.38. The summed E-state index contributed by atoms with van der Waals surface area (Å²) in [5.74, 6) is 0.683. The smallest absolute Gasteiger partial charge is 0.182 e. The molecule has 8 nitrogen and oxygen atoms in total. The van der Waals surface area contributed by atoms with E-state index in [-0.39, 0.29) is 5.84 Å². The zero-order valence-electron chi connectivity index (χ0n) is 11.2. The van der Waals surface area contributed by atoms with E-state index in [0.717, 1.165) is 5.69 Å². The van der Waals surface area contributed by atoms with Crippen molar-refractivity contribution in [1.29, 1.82) is 0 Å². The summed E-state index contributed by atoms with van der Waals surface area (Å²) in [7, 11) is 1.84. The van der Waals surface area contributed by atoms with Crippen LogP contribution < -0.4 is 10.6 Å². The average Bonchev–Trinajstić information content (AvgIpc) is 3.02. The van der Waals surface area contributed by atoms with Gasteiger partial charge in [-0.05, 0) is 12.1 Å². The molecule has 106 valence electrons. The van der Waals surface area contributed by atoms with E-state index in [4.69, 9.17) is 10.9 Å². The molecule has 0 unspecified atom stereocenters. The predicted octanol–water partition coefficient (Wildman–Crippen LogP) is 1.22. The fraction of sp³-hybridized carbons (Fsp3) is 0.0769. The van der Waals surface area contributed by atoms with Crippen LogP contribution in [0.5, 0.6) is 0 Å². The van der Waals surface area contributed by atoms with Gasteiger partial charge >= 0.3 is 0 Å². The molecule has 0 spiro atoms. The first kappa shape index (κ1) is 12.9. The molecule has 1 aromatic carbocycles. The number of fused-ring (bicyclic) bond motifs is 1. The first-order valence-corrected chi connectivity index (χ1v) is 6.17. The molecule has 0 amide bonds. The summed E-state index contributed by atoms with van der Waals surface area (Å²) in [6, 6.07) is 7.31. The summed E-state index contributed by atoms with van der Waals surface area (Å²) >= 11 is 0. The second kappa shape index (κ2) is 5.08. The van der Waals surface area contributed by atoms with Crippen LogP contribution in [0, 0.1) is 0 Å². The van der Waals surface area contributed by atoms with Crippen LogP contribution in [0.25, 0.3) is 11.2 Å². The van der Waals surface area contributed by atoms with Crippen molar-refractivity contribution in [3.8, 4) is 0 Å². The summed E-state index contributed by atoms with van der Waals surface area (Å²) < 4.78 is 0. The lowest BCUT2D eigenvalue weighted by Gasteiger charge is -2.21. The van der Waals surface area contributed by atoms with E-state index in [1.54, 1.807) is 12.4 Å². The van der Waals surface area contributed by atoms with Crippen LogP contribution in [0.2, 0.25) is 0 Å². The fourth-order valence-corrected chi connectivity index (χ4v) is 2.16. The molecule has 2 heterocycles. The Balaban J connectivity index is 2.15. The normalized spacial score (nSPS) is 11.8. The highest BCUT2D eigenvalue weighted by molar-refractivity contribution is 6.03. The first-order valence-electron chi connectivity index (χ1n) is 6.17. The minimum Gasteiger partial charge on any atom is -0.409 e. The van der Waals surface area contributed by atoms with Crippen LogP contribution in [-0.4, -0.2) is 38.0 Å². The standard InChI is InChI=1S/C13H13N7O/c1-20(9-5-3-2-4-8(9)11(14)19-21)13-10-12(16-6-15-10)17-7-18-13/h2-7,21H,1H3,(H2,14,19)(H,15,16,17,18). The molecule has 3 rings (SSSR count). The van der Waals surface area contributed by atoms with Gasteiger partial charge in [0.25, 0.3) is 0 Å². The Kier molecular flexibility index (Phi) is 3.11. The van der Waals surface area contributed by atoms with Crippen molar-refractivity contribution in [2.45, 2.75) is 0 Å². The highest BCUT2D eigenvalue weighted by atomic mass is 16.4. The second-order valence-corrected chi connectivity index (χ2v) is 4.36. The molecule has 0 saturated heterocycles. The third-order valence-corrected chi connectivity index (χ3v) is 3.17. The van der Waals surface area contributed by atoms with E-state index in [1.807, 2.05) is 30.1 Å². The summed E-state index contributed by atoms with van der Waals surface area (Å²) in [6.45, 7) is 0. The summed E-state index contributed by atoms with van der Waals surface area (Å²) in [4.78, 5) is 17.3. The van der Waals surface area contributed by atoms with Gasteiger partial charge in [-0.25, -0.2) is 15.0 Å². The van der Waals surface area contributed by atoms with Gasteiger partial charge in [0.05, 0.1) is 12.0 Å². The van der Waals surface area contributed by atoms with Crippen LogP contribution in [-0.2, 0) is 0 Å². The summed E-state index contributed by atoms with van der Waals surface area (Å²) in [5, 5.41) is 12.0. The van der Waals surface area contributed by atoms with Crippen molar-refractivity contribution in [2.24, 2.45) is 10.9 Å². The molecule has 0 atom stereocenters. The number of amidine groups is 1. The van der Waals surface area contributed by atoms with Gasteiger partial charge in [-0.2, -0.15) is 0 Å². The molecule has 0 radical (unpaired) electrons. The highest BCUT2D eigenvalue weighted by Crippen LogP contribution is 2.28. The third-order valence-electron chi connectivity index (χ3n) is 3.17. The minimum absolute atomic E-state index is 0.0346. The topological polar surface area (TPSA) is 116 Å². The molecule has 4 N–H and O–H groups in total. The van der Waals surface area contributed by atoms with Crippen molar-refractivity contribution in [2.75, 3.05) is 11.9 Å². The van der Waals surface area contributed by atoms with E-state index >= 15 is 0 Å². The van der Waals surface area contributed by atoms with Gasteiger partial charge in [0.1, 0.15) is 11.8 Å². The fourth-order valence-electron chi connectivity index (χ4n) is 2.16. The number of para-hydroxylation sites is 1. The molecule has 0 fully saturated rings. The minimum atomic E-state index is 0.0346. The Labute approximate surface area is 120 Å². The number of rotatable bonds is 3. The highest BCUT2D eigenvalue weighted by Gasteiger charge is 2.16. The van der Waals surface area contributed by atoms with Crippen LogP contribution in [0.3, 0.4) is 0 Å². The number of nitrogens with one attached hydrogen (secondary N) is 1. The molecule has 0 bridgehead atoms. The van der Waals surface area contributed by atoms with Crippen LogP contribution in [0.1, 0.15) is 5.56 Å². The van der Waals surface area contributed by atoms with Crippen molar-refractivity contribution >= 4 is 28.5 Å². The van der Waals surface area contributed by atoms with E-state index in [9.17, 15) is 0 Å². The molecule has 0 aliphatic carbocycles. The number of hydrogen-bond acceptors (Lipinski definition) is 6. The number of benzene rings is 1. The van der Waals surface area contributed by atoms with Gasteiger partial charge in [0.15, 0.2) is 17.3 Å². The van der Waals surface area contributed by atoms with Gasteiger partial charge in [-0.15, -0.1) is 0 Å². The quantitative estimate of drug-likeness (QED) is 0.288. The SMILES string of the molecule is CN(c1ccccc1/C(N)=N/O)c1ncnc2nc[nH]c12. The molecule has 2 aromatic heterocycles. The second-order valence-electron chi connectivity index (χ2n) is 4.36. The number of aromatic amines is 1. The number of H-pyrrole nitrogens is 1. The Morgan fingerprint density at radius 1 is 1.29 bits per heavy atom. The largest absolute Gasteiger partial charge is 0.409 e. The number of oxime groups is 1. The Morgan fingerprint density at radius 3 is 2.90 bits per heavy atom. The van der Waals surface area contributed by atoms with Crippen molar-refractivity contribution in [1.82, 2.24) is 19.9 Å². The molecule has 3 aromatic rings. The van der Waals surface area contributed by atoms with Crippen molar-refractivity contribution in [3.05, 3.63) is 42.5 Å². The van der Waals surface area contributed by atoms with E-state index in [0.29, 0.717) is 22.5 Å². The Bertz CT molecular complexity index is 811. The molecular weight excluding hydrogens is 270 g/mol. The molecule has 0 saturated carbocycles. The molecule has 21 heavy (non-hydrogen) atoms. The van der Waals surface area contributed by atoms with E-state index in [1.165, 1.54) is 6.33 Å². The number of anilines is 2. The number of aromatic nitrogens is 4. The van der Waals surface area contributed by atoms with Crippen LogP contribution in [0.15, 0.2) is 42.1 Å².